The second kappa shape index (κ2) is 22.3. The molecule has 0 aliphatic carbocycles. The van der Waals surface area contributed by atoms with Gasteiger partial charge in [-0.1, -0.05) is 37.4 Å². The first-order valence-corrected chi connectivity index (χ1v) is 14.1. The van der Waals surface area contributed by atoms with Crippen molar-refractivity contribution < 1.29 is 67.9 Å². The van der Waals surface area contributed by atoms with Crippen LogP contribution in [0.1, 0.15) is 11.1 Å². The molecule has 14 heteroatoms. The van der Waals surface area contributed by atoms with E-state index < -0.39 is 36.1 Å². The number of rotatable bonds is 23. The molecule has 0 fully saturated rings. The quantitative estimate of drug-likeness (QED) is 0.0443. The van der Waals surface area contributed by atoms with Crippen LogP contribution in [0.15, 0.2) is 98.1 Å². The minimum Gasteiger partial charge on any atom is -0.491 e. The third-order valence-electron chi connectivity index (χ3n) is 5.62. The van der Waals surface area contributed by atoms with Gasteiger partial charge < -0.3 is 28.8 Å². The molecule has 2 N–H and O–H groups in total. The van der Waals surface area contributed by atoms with Crippen LogP contribution in [-0.2, 0) is 54.5 Å². The molecule has 0 aromatic heterocycles. The van der Waals surface area contributed by atoms with Crippen molar-refractivity contribution in [2.24, 2.45) is 0 Å². The number of carboxylic acids is 1. The Morgan fingerprint density at radius 2 is 1.19 bits per heavy atom. The maximum absolute atomic E-state index is 12.0. The number of hydrogen-bond acceptors (Lipinski definition) is 13. The molecule has 2 unspecified atom stereocenters. The molecule has 0 amide bonds. The summed E-state index contributed by atoms with van der Waals surface area (Å²) in [6.07, 6.45) is 5.33. The van der Waals surface area contributed by atoms with Gasteiger partial charge in [0.15, 0.2) is 12.2 Å². The number of carbonyl (C=O) groups excluding carboxylic acids is 3. The molecule has 0 aliphatic heterocycles. The summed E-state index contributed by atoms with van der Waals surface area (Å²) in [7, 11) is 0. The molecular weight excluding hydrogens is 620 g/mol. The molecule has 252 valence electrons. The van der Waals surface area contributed by atoms with Crippen LogP contribution in [0, 0.1) is 0 Å². The van der Waals surface area contributed by atoms with Crippen LogP contribution in [0.2, 0.25) is 0 Å². The van der Waals surface area contributed by atoms with Gasteiger partial charge in [-0.3, -0.25) is 5.26 Å². The average Bonchev–Trinajstić information content (AvgIpc) is 3.07. The van der Waals surface area contributed by atoms with Crippen molar-refractivity contribution in [3.63, 3.8) is 0 Å². The van der Waals surface area contributed by atoms with E-state index in [-0.39, 0.29) is 39.6 Å². The molecule has 0 saturated carbocycles. The summed E-state index contributed by atoms with van der Waals surface area (Å²) in [6.45, 7) is 5.76. The van der Waals surface area contributed by atoms with Gasteiger partial charge in [-0.05, 0) is 54.0 Å². The zero-order chi connectivity index (χ0) is 34.3. The van der Waals surface area contributed by atoms with Gasteiger partial charge in [-0.15, -0.1) is 0 Å². The van der Waals surface area contributed by atoms with Crippen LogP contribution in [0.5, 0.6) is 11.5 Å². The lowest BCUT2D eigenvalue weighted by Crippen LogP contribution is -2.30. The fraction of sp³-hybridized carbons (Fsp3) is 0.273. The molecule has 47 heavy (non-hydrogen) atoms. The van der Waals surface area contributed by atoms with Crippen molar-refractivity contribution in [1.29, 1.82) is 0 Å². The maximum atomic E-state index is 12.0. The Morgan fingerprint density at radius 1 is 0.681 bits per heavy atom. The van der Waals surface area contributed by atoms with Gasteiger partial charge >= 0.3 is 23.9 Å². The van der Waals surface area contributed by atoms with Crippen molar-refractivity contribution in [2.45, 2.75) is 18.6 Å². The molecule has 2 rings (SSSR count). The summed E-state index contributed by atoms with van der Waals surface area (Å²) in [5.74, 6) is -2.18. The normalized spacial score (nSPS) is 12.2. The van der Waals surface area contributed by atoms with Crippen LogP contribution in [0.4, 0.5) is 0 Å². The van der Waals surface area contributed by atoms with E-state index in [4.69, 9.17) is 43.8 Å². The molecular formula is C33H36O14. The van der Waals surface area contributed by atoms with E-state index >= 15 is 0 Å². The summed E-state index contributed by atoms with van der Waals surface area (Å²) in [5.41, 5.74) is 1.97. The van der Waals surface area contributed by atoms with Crippen molar-refractivity contribution in [2.75, 3.05) is 39.6 Å². The highest BCUT2D eigenvalue weighted by Crippen LogP contribution is 2.19. The zero-order valence-corrected chi connectivity index (χ0v) is 25.4. The van der Waals surface area contributed by atoms with E-state index in [1.54, 1.807) is 24.3 Å². The van der Waals surface area contributed by atoms with Gasteiger partial charge in [-0.2, -0.15) is 0 Å². The van der Waals surface area contributed by atoms with Crippen LogP contribution in [0.25, 0.3) is 0 Å². The summed E-state index contributed by atoms with van der Waals surface area (Å²) in [6, 6.07) is 14.5. The fourth-order valence-electron chi connectivity index (χ4n) is 3.42. The summed E-state index contributed by atoms with van der Waals surface area (Å²) in [4.78, 5) is 59.4. The Labute approximate surface area is 270 Å². The highest BCUT2D eigenvalue weighted by Gasteiger charge is 2.17. The van der Waals surface area contributed by atoms with Crippen molar-refractivity contribution in [3.05, 3.63) is 109 Å². The second-order valence-electron chi connectivity index (χ2n) is 9.26. The number of esters is 3. The lowest BCUT2D eigenvalue weighted by atomic mass is 10.0. The van der Waals surface area contributed by atoms with Crippen LogP contribution < -0.4 is 9.47 Å². The van der Waals surface area contributed by atoms with Crippen LogP contribution in [-0.4, -0.2) is 86.1 Å². The summed E-state index contributed by atoms with van der Waals surface area (Å²) in [5, 5.41) is 17.0. The van der Waals surface area contributed by atoms with Gasteiger partial charge in [0.25, 0.3) is 0 Å². The first-order chi connectivity index (χ1) is 22.7. The molecule has 2 aromatic carbocycles. The highest BCUT2D eigenvalue weighted by molar-refractivity contribution is 5.82. The van der Waals surface area contributed by atoms with Crippen LogP contribution >= 0.6 is 0 Å². The van der Waals surface area contributed by atoms with E-state index in [2.05, 4.69) is 18.0 Å². The van der Waals surface area contributed by atoms with E-state index in [1.165, 1.54) is 12.2 Å². The number of benzene rings is 2. The third-order valence-corrected chi connectivity index (χ3v) is 5.62. The molecule has 0 radical (unpaired) electrons. The van der Waals surface area contributed by atoms with E-state index in [0.29, 0.717) is 17.9 Å². The largest absolute Gasteiger partial charge is 0.491 e. The number of aliphatic carboxylic acids is 1. The summed E-state index contributed by atoms with van der Waals surface area (Å²) < 4.78 is 26.7. The minimum absolute atomic E-state index is 0.0278. The van der Waals surface area contributed by atoms with Gasteiger partial charge in [0.2, 0.25) is 0 Å². The van der Waals surface area contributed by atoms with E-state index in [0.717, 1.165) is 35.4 Å². The van der Waals surface area contributed by atoms with Gasteiger partial charge in [0.05, 0.1) is 0 Å². The standard InChI is InChI=1S/C33H36O14/c1-3-31(36)42-21-28(46-33(38)8-6-17-44-39)20-40-26-13-9-24(10-14-26)19-25-11-15-27(16-12-25)41-22-29(23-43-32(37)4-2)47-45-18-5-7-30(34)35/h3-16,28-29,39H,1-2,17-23H2,(H,34,35)/b7-5+,8-6+. The molecule has 2 aromatic rings. The Bertz CT molecular complexity index is 1350. The first-order valence-electron chi connectivity index (χ1n) is 14.1. The highest BCUT2D eigenvalue weighted by atomic mass is 17.2. The smallest absolute Gasteiger partial charge is 0.331 e. The molecule has 0 spiro atoms. The van der Waals surface area contributed by atoms with Gasteiger partial charge in [0, 0.05) is 24.3 Å². The Balaban J connectivity index is 1.89. The Hall–Kier alpha value is -5.28. The molecule has 0 bridgehead atoms. The molecule has 0 saturated heterocycles. The van der Waals surface area contributed by atoms with E-state index in [9.17, 15) is 19.2 Å². The lowest BCUT2D eigenvalue weighted by molar-refractivity contribution is -0.325. The second-order valence-corrected chi connectivity index (χ2v) is 9.26. The van der Waals surface area contributed by atoms with Crippen LogP contribution in [0.3, 0.4) is 0 Å². The average molecular weight is 657 g/mol. The number of hydrogen-bond donors (Lipinski definition) is 2. The molecule has 0 aliphatic rings. The summed E-state index contributed by atoms with van der Waals surface area (Å²) >= 11 is 0. The predicted molar refractivity (Wildman–Crippen MR) is 164 cm³/mol. The number of carboxylic acid groups (broad SMARTS) is 1. The van der Waals surface area contributed by atoms with Crippen molar-refractivity contribution in [1.82, 2.24) is 0 Å². The predicted octanol–water partition coefficient (Wildman–Crippen LogP) is 3.41. The Kier molecular flexibility index (Phi) is 18.0. The minimum atomic E-state index is -1.13. The zero-order valence-electron chi connectivity index (χ0n) is 25.4. The topological polar surface area (TPSA) is 183 Å². The Morgan fingerprint density at radius 3 is 1.70 bits per heavy atom. The molecule has 2 atom stereocenters. The fourth-order valence-corrected chi connectivity index (χ4v) is 3.42. The van der Waals surface area contributed by atoms with Crippen molar-refractivity contribution in [3.8, 4) is 11.5 Å². The number of ether oxygens (including phenoxy) is 5. The first kappa shape index (κ1) is 37.9. The van der Waals surface area contributed by atoms with Gasteiger partial charge in [0.1, 0.15) is 51.1 Å². The van der Waals surface area contributed by atoms with Gasteiger partial charge in [-0.25, -0.2) is 33.8 Å². The monoisotopic (exact) mass is 656 g/mol. The van der Waals surface area contributed by atoms with Crippen molar-refractivity contribution >= 4 is 23.9 Å². The molecule has 0 heterocycles. The molecule has 14 nitrogen and oxygen atoms in total. The lowest BCUT2D eigenvalue weighted by Gasteiger charge is -2.18. The number of carbonyl (C=O) groups is 4. The maximum Gasteiger partial charge on any atom is 0.331 e. The third kappa shape index (κ3) is 17.1. The van der Waals surface area contributed by atoms with E-state index in [1.807, 2.05) is 24.3 Å². The SMILES string of the molecule is C=CC(=O)OCC(COc1ccc(Cc2ccc(OCC(COC(=O)C=C)OC(=O)/C=C/COO)cc2)cc1)OOC/C=C/C(=O)O.